The summed E-state index contributed by atoms with van der Waals surface area (Å²) in [5.74, 6) is 0.752. The number of hydrogen-bond acceptors (Lipinski definition) is 3. The van der Waals surface area contributed by atoms with E-state index in [1.165, 1.54) is 12.8 Å². The Kier molecular flexibility index (Phi) is 6.94. The lowest BCUT2D eigenvalue weighted by atomic mass is 9.89. The fraction of sp³-hybridized carbons (Fsp3) is 0.938. The number of piperidine rings is 1. The van der Waals surface area contributed by atoms with Crippen molar-refractivity contribution in [3.05, 3.63) is 0 Å². The molecular weight excluding hydrogens is 266 g/mol. The molecule has 124 valence electrons. The summed E-state index contributed by atoms with van der Waals surface area (Å²) in [7, 11) is 0. The highest BCUT2D eigenvalue weighted by Gasteiger charge is 2.23. The van der Waals surface area contributed by atoms with Crippen LogP contribution in [0.15, 0.2) is 0 Å². The summed E-state index contributed by atoms with van der Waals surface area (Å²) >= 11 is 0. The first-order valence-corrected chi connectivity index (χ1v) is 8.13. The first-order chi connectivity index (χ1) is 9.68. The van der Waals surface area contributed by atoms with Gasteiger partial charge in [-0.2, -0.15) is 0 Å². The van der Waals surface area contributed by atoms with Crippen LogP contribution in [0.3, 0.4) is 0 Å². The number of amides is 2. The lowest BCUT2D eigenvalue weighted by molar-refractivity contribution is 0.0648. The maximum absolute atomic E-state index is 11.8. The largest absolute Gasteiger partial charge is 0.391 e. The number of likely N-dealkylation sites (tertiary alicyclic amines) is 1. The molecular formula is C16H33N3O2. The zero-order valence-corrected chi connectivity index (χ0v) is 14.3. The average molecular weight is 299 g/mol. The second kappa shape index (κ2) is 7.99. The van der Waals surface area contributed by atoms with Crippen molar-refractivity contribution in [2.24, 2.45) is 11.3 Å². The molecule has 0 aromatic heterocycles. The quantitative estimate of drug-likeness (QED) is 0.725. The predicted octanol–water partition coefficient (Wildman–Crippen LogP) is 1.81. The maximum atomic E-state index is 11.8. The molecule has 5 heteroatoms. The molecule has 0 aromatic carbocycles. The van der Waals surface area contributed by atoms with Gasteiger partial charge in [-0.25, -0.2) is 4.79 Å². The Bertz CT molecular complexity index is 328. The summed E-state index contributed by atoms with van der Waals surface area (Å²) in [4.78, 5) is 14.3. The van der Waals surface area contributed by atoms with Gasteiger partial charge in [-0.1, -0.05) is 27.7 Å². The van der Waals surface area contributed by atoms with E-state index in [0.29, 0.717) is 0 Å². The van der Waals surface area contributed by atoms with Crippen molar-refractivity contribution in [1.82, 2.24) is 15.5 Å². The zero-order valence-electron chi connectivity index (χ0n) is 14.3. The van der Waals surface area contributed by atoms with Crippen LogP contribution in [0.25, 0.3) is 0 Å². The topological polar surface area (TPSA) is 64.6 Å². The highest BCUT2D eigenvalue weighted by molar-refractivity contribution is 5.74. The van der Waals surface area contributed by atoms with E-state index in [9.17, 15) is 9.90 Å². The Labute approximate surface area is 129 Å². The number of aliphatic hydroxyl groups excluding tert-OH is 1. The number of hydrogen-bond donors (Lipinski definition) is 3. The van der Waals surface area contributed by atoms with Gasteiger partial charge < -0.3 is 20.6 Å². The van der Waals surface area contributed by atoms with Crippen molar-refractivity contribution in [1.29, 1.82) is 0 Å². The van der Waals surface area contributed by atoms with E-state index in [2.05, 4.69) is 22.5 Å². The number of carbonyl (C=O) groups is 1. The minimum Gasteiger partial charge on any atom is -0.391 e. The molecule has 1 heterocycles. The second-order valence-corrected chi connectivity index (χ2v) is 7.64. The van der Waals surface area contributed by atoms with E-state index < -0.39 is 6.10 Å². The number of nitrogens with zero attached hydrogens (tertiary/aromatic N) is 1. The number of nitrogens with one attached hydrogen (secondary N) is 2. The Morgan fingerprint density at radius 1 is 1.43 bits per heavy atom. The van der Waals surface area contributed by atoms with Crippen LogP contribution in [0.1, 0.15) is 47.5 Å². The smallest absolute Gasteiger partial charge is 0.315 e. The lowest BCUT2D eigenvalue weighted by Crippen LogP contribution is -2.50. The van der Waals surface area contributed by atoms with E-state index in [1.807, 2.05) is 27.7 Å². The zero-order chi connectivity index (χ0) is 16.0. The van der Waals surface area contributed by atoms with Crippen molar-refractivity contribution in [3.63, 3.8) is 0 Å². The SMILES string of the molecule is CC1CCCN(CC(C)NC(=O)NCC(O)C(C)(C)C)C1. The van der Waals surface area contributed by atoms with E-state index in [-0.39, 0.29) is 24.0 Å². The molecule has 0 aliphatic carbocycles. The van der Waals surface area contributed by atoms with Crippen LogP contribution in [-0.4, -0.2) is 54.4 Å². The molecule has 1 saturated heterocycles. The van der Waals surface area contributed by atoms with Gasteiger partial charge in [-0.15, -0.1) is 0 Å². The summed E-state index contributed by atoms with van der Waals surface area (Å²) in [5.41, 5.74) is -0.219. The lowest BCUT2D eigenvalue weighted by Gasteiger charge is -2.33. The van der Waals surface area contributed by atoms with Crippen molar-refractivity contribution in [3.8, 4) is 0 Å². The van der Waals surface area contributed by atoms with Crippen LogP contribution in [-0.2, 0) is 0 Å². The first kappa shape index (κ1) is 18.2. The van der Waals surface area contributed by atoms with Crippen molar-refractivity contribution in [2.75, 3.05) is 26.2 Å². The van der Waals surface area contributed by atoms with Gasteiger partial charge in [0.2, 0.25) is 0 Å². The van der Waals surface area contributed by atoms with E-state index in [1.54, 1.807) is 0 Å². The molecule has 1 fully saturated rings. The van der Waals surface area contributed by atoms with Crippen LogP contribution in [0.2, 0.25) is 0 Å². The van der Waals surface area contributed by atoms with E-state index >= 15 is 0 Å². The maximum Gasteiger partial charge on any atom is 0.315 e. The molecule has 5 nitrogen and oxygen atoms in total. The Morgan fingerprint density at radius 2 is 2.10 bits per heavy atom. The fourth-order valence-corrected chi connectivity index (χ4v) is 2.66. The molecule has 21 heavy (non-hydrogen) atoms. The molecule has 3 unspecified atom stereocenters. The second-order valence-electron chi connectivity index (χ2n) is 7.64. The molecule has 1 aliphatic heterocycles. The summed E-state index contributed by atoms with van der Waals surface area (Å²) < 4.78 is 0. The Balaban J connectivity index is 2.24. The van der Waals surface area contributed by atoms with Crippen molar-refractivity contribution >= 4 is 6.03 Å². The summed E-state index contributed by atoms with van der Waals surface area (Å²) in [6.07, 6.45) is 2.02. The first-order valence-electron chi connectivity index (χ1n) is 8.13. The van der Waals surface area contributed by atoms with Gasteiger partial charge in [-0.3, -0.25) is 0 Å². The normalized spacial score (nSPS) is 23.4. The van der Waals surface area contributed by atoms with E-state index in [0.717, 1.165) is 25.6 Å². The average Bonchev–Trinajstić information content (AvgIpc) is 2.34. The molecule has 0 bridgehead atoms. The minimum absolute atomic E-state index is 0.113. The molecule has 0 saturated carbocycles. The molecule has 0 radical (unpaired) electrons. The van der Waals surface area contributed by atoms with Gasteiger partial charge in [0, 0.05) is 25.7 Å². The van der Waals surface area contributed by atoms with Crippen LogP contribution in [0.5, 0.6) is 0 Å². The third-order valence-corrected chi connectivity index (χ3v) is 4.11. The molecule has 1 rings (SSSR count). The van der Waals surface area contributed by atoms with Gasteiger partial charge in [-0.05, 0) is 37.6 Å². The molecule has 2 amide bonds. The van der Waals surface area contributed by atoms with Gasteiger partial charge >= 0.3 is 6.03 Å². The van der Waals surface area contributed by atoms with Gasteiger partial charge in [0.1, 0.15) is 0 Å². The third-order valence-electron chi connectivity index (χ3n) is 4.11. The predicted molar refractivity (Wildman–Crippen MR) is 86.3 cm³/mol. The molecule has 0 aromatic rings. The molecule has 0 spiro atoms. The number of urea groups is 1. The Morgan fingerprint density at radius 3 is 2.67 bits per heavy atom. The molecule has 3 atom stereocenters. The van der Waals surface area contributed by atoms with Crippen LogP contribution in [0.4, 0.5) is 4.79 Å². The van der Waals surface area contributed by atoms with Crippen molar-refractivity contribution < 1.29 is 9.90 Å². The summed E-state index contributed by atoms with van der Waals surface area (Å²) in [6.45, 7) is 13.6. The fourth-order valence-electron chi connectivity index (χ4n) is 2.66. The van der Waals surface area contributed by atoms with Gasteiger partial charge in [0.15, 0.2) is 0 Å². The minimum atomic E-state index is -0.540. The van der Waals surface area contributed by atoms with Crippen LogP contribution < -0.4 is 10.6 Å². The van der Waals surface area contributed by atoms with Crippen molar-refractivity contribution in [2.45, 2.75) is 59.6 Å². The van der Waals surface area contributed by atoms with Gasteiger partial charge in [0.25, 0.3) is 0 Å². The molecule has 1 aliphatic rings. The van der Waals surface area contributed by atoms with Crippen LogP contribution in [0, 0.1) is 11.3 Å². The van der Waals surface area contributed by atoms with Crippen LogP contribution >= 0.6 is 0 Å². The summed E-state index contributed by atoms with van der Waals surface area (Å²) in [6, 6.07) is -0.0852. The van der Waals surface area contributed by atoms with Gasteiger partial charge in [0.05, 0.1) is 6.10 Å². The summed E-state index contributed by atoms with van der Waals surface area (Å²) in [5, 5.41) is 15.6. The monoisotopic (exact) mass is 299 g/mol. The molecule has 3 N–H and O–H groups in total. The van der Waals surface area contributed by atoms with E-state index in [4.69, 9.17) is 0 Å². The highest BCUT2D eigenvalue weighted by Crippen LogP contribution is 2.18. The number of aliphatic hydroxyl groups is 1. The third kappa shape index (κ3) is 7.14. The Hall–Kier alpha value is -0.810. The number of carbonyl (C=O) groups excluding carboxylic acids is 1. The number of rotatable bonds is 5. The highest BCUT2D eigenvalue weighted by atomic mass is 16.3. The standard InChI is InChI=1S/C16H33N3O2/c1-12-7-6-8-19(10-12)11-13(2)18-15(21)17-9-14(20)16(3,4)5/h12-14,20H,6-11H2,1-5H3,(H2,17,18,21).